The van der Waals surface area contributed by atoms with Crippen LogP contribution in [0.1, 0.15) is 19.5 Å². The molecule has 0 saturated heterocycles. The van der Waals surface area contributed by atoms with E-state index in [0.717, 1.165) is 19.1 Å². The van der Waals surface area contributed by atoms with Crippen molar-refractivity contribution in [3.63, 3.8) is 0 Å². The van der Waals surface area contributed by atoms with Crippen molar-refractivity contribution in [3.8, 4) is 0 Å². The summed E-state index contributed by atoms with van der Waals surface area (Å²) in [5.41, 5.74) is 1.18. The number of methoxy groups -OCH3 is 1. The second-order valence-corrected chi connectivity index (χ2v) is 5.19. The van der Waals surface area contributed by atoms with Gasteiger partial charge in [0.1, 0.15) is 0 Å². The lowest BCUT2D eigenvalue weighted by Crippen LogP contribution is -2.37. The number of ether oxygens (including phenoxy) is 1. The van der Waals surface area contributed by atoms with E-state index < -0.39 is 0 Å². The summed E-state index contributed by atoms with van der Waals surface area (Å²) >= 11 is 0. The zero-order chi connectivity index (χ0) is 13.7. The van der Waals surface area contributed by atoms with Crippen LogP contribution in [0.5, 0.6) is 0 Å². The van der Waals surface area contributed by atoms with Gasteiger partial charge in [-0.3, -0.25) is 0 Å². The zero-order valence-electron chi connectivity index (χ0n) is 12.4. The first kappa shape index (κ1) is 15.0. The van der Waals surface area contributed by atoms with Crippen LogP contribution in [0.3, 0.4) is 0 Å². The fraction of sp³-hybridized carbons (Fsp3) is 0.769. The van der Waals surface area contributed by atoms with Crippen molar-refractivity contribution in [2.75, 3.05) is 32.7 Å². The molecule has 18 heavy (non-hydrogen) atoms. The Kier molecular flexibility index (Phi) is 5.62. The Hall–Kier alpha value is -1.07. The second kappa shape index (κ2) is 6.75. The zero-order valence-corrected chi connectivity index (χ0v) is 12.4. The highest BCUT2D eigenvalue weighted by Gasteiger charge is 2.14. The Morgan fingerprint density at radius 3 is 2.56 bits per heavy atom. The highest BCUT2D eigenvalue weighted by molar-refractivity contribution is 5.30. The van der Waals surface area contributed by atoms with Gasteiger partial charge in [0.15, 0.2) is 0 Å². The number of hydrogen-bond acceptors (Lipinski definition) is 4. The smallest absolute Gasteiger partial charge is 0.204 e. The molecule has 5 nitrogen and oxygen atoms in total. The summed E-state index contributed by atoms with van der Waals surface area (Å²) in [5, 5.41) is 3.53. The molecule has 0 aliphatic carbocycles. The first-order valence-electron chi connectivity index (χ1n) is 6.37. The molecule has 5 heteroatoms. The van der Waals surface area contributed by atoms with Crippen molar-refractivity contribution in [2.45, 2.75) is 26.4 Å². The average molecular weight is 254 g/mol. The average Bonchev–Trinajstić information content (AvgIpc) is 2.65. The summed E-state index contributed by atoms with van der Waals surface area (Å²) in [7, 11) is 7.79. The third-order valence-corrected chi connectivity index (χ3v) is 3.16. The molecule has 0 aliphatic rings. The van der Waals surface area contributed by atoms with Crippen molar-refractivity contribution in [1.82, 2.24) is 14.9 Å². The molecule has 1 atom stereocenters. The number of nitrogens with zero attached hydrogens (tertiary/aromatic N) is 3. The van der Waals surface area contributed by atoms with Gasteiger partial charge in [0.2, 0.25) is 5.95 Å². The number of rotatable bonds is 7. The molecule has 1 aromatic rings. The lowest BCUT2D eigenvalue weighted by molar-refractivity contribution is 0.146. The molecule has 0 spiro atoms. The third kappa shape index (κ3) is 3.71. The molecule has 104 valence electrons. The first-order chi connectivity index (χ1) is 8.47. The summed E-state index contributed by atoms with van der Waals surface area (Å²) in [6, 6.07) is 0.368. The highest BCUT2D eigenvalue weighted by Crippen LogP contribution is 2.11. The molecule has 0 saturated carbocycles. The van der Waals surface area contributed by atoms with Gasteiger partial charge in [0.05, 0.1) is 18.5 Å². The van der Waals surface area contributed by atoms with Crippen LogP contribution >= 0.6 is 0 Å². The van der Waals surface area contributed by atoms with E-state index in [2.05, 4.69) is 28.7 Å². The number of imidazole rings is 1. The van der Waals surface area contributed by atoms with Crippen molar-refractivity contribution in [1.29, 1.82) is 0 Å². The summed E-state index contributed by atoms with van der Waals surface area (Å²) < 4.78 is 7.34. The van der Waals surface area contributed by atoms with Gasteiger partial charge in [-0.1, -0.05) is 13.8 Å². The molecule has 0 aliphatic heterocycles. The van der Waals surface area contributed by atoms with Crippen LogP contribution in [0.15, 0.2) is 6.20 Å². The molecule has 1 heterocycles. The summed E-state index contributed by atoms with van der Waals surface area (Å²) in [5.74, 6) is 1.52. The molecule has 0 radical (unpaired) electrons. The van der Waals surface area contributed by atoms with E-state index in [1.165, 1.54) is 5.69 Å². The quantitative estimate of drug-likeness (QED) is 0.795. The van der Waals surface area contributed by atoms with E-state index in [4.69, 9.17) is 4.74 Å². The number of aromatic nitrogens is 2. The molecule has 1 aromatic heterocycles. The SMILES string of the molecule is COCC(NCc1cnc(N(C)C)n1C)C(C)C. The van der Waals surface area contributed by atoms with Crippen LogP contribution in [0.25, 0.3) is 0 Å². The van der Waals surface area contributed by atoms with Crippen molar-refractivity contribution >= 4 is 5.95 Å². The topological polar surface area (TPSA) is 42.3 Å². The molecule has 1 unspecified atom stereocenters. The van der Waals surface area contributed by atoms with Gasteiger partial charge in [0.25, 0.3) is 0 Å². The normalized spacial score (nSPS) is 13.1. The van der Waals surface area contributed by atoms with Gasteiger partial charge in [0, 0.05) is 40.8 Å². The maximum Gasteiger partial charge on any atom is 0.204 e. The number of anilines is 1. The van der Waals surface area contributed by atoms with E-state index in [-0.39, 0.29) is 0 Å². The highest BCUT2D eigenvalue weighted by atomic mass is 16.5. The maximum atomic E-state index is 5.23. The second-order valence-electron chi connectivity index (χ2n) is 5.19. The predicted molar refractivity (Wildman–Crippen MR) is 74.9 cm³/mol. The van der Waals surface area contributed by atoms with Gasteiger partial charge in [-0.15, -0.1) is 0 Å². The first-order valence-corrected chi connectivity index (χ1v) is 6.37. The predicted octanol–water partition coefficient (Wildman–Crippen LogP) is 1.25. The Bertz CT molecular complexity index is 360. The van der Waals surface area contributed by atoms with Gasteiger partial charge >= 0.3 is 0 Å². The fourth-order valence-corrected chi connectivity index (χ4v) is 1.92. The minimum absolute atomic E-state index is 0.368. The van der Waals surface area contributed by atoms with E-state index >= 15 is 0 Å². The maximum absolute atomic E-state index is 5.23. The van der Waals surface area contributed by atoms with Crippen LogP contribution < -0.4 is 10.2 Å². The van der Waals surface area contributed by atoms with Gasteiger partial charge in [-0.05, 0) is 5.92 Å². The van der Waals surface area contributed by atoms with Crippen molar-refractivity contribution in [3.05, 3.63) is 11.9 Å². The standard InChI is InChI=1S/C13H26N4O/c1-10(2)12(9-18-6)14-7-11-8-15-13(16(3)4)17(11)5/h8,10,12,14H,7,9H2,1-6H3. The molecular weight excluding hydrogens is 228 g/mol. The summed E-state index contributed by atoms with van der Waals surface area (Å²) in [6.07, 6.45) is 1.92. The monoisotopic (exact) mass is 254 g/mol. The van der Waals surface area contributed by atoms with Gasteiger partial charge < -0.3 is 19.5 Å². The molecular formula is C13H26N4O. The molecule has 0 fully saturated rings. The van der Waals surface area contributed by atoms with E-state index in [1.807, 2.05) is 32.2 Å². The lowest BCUT2D eigenvalue weighted by Gasteiger charge is -2.22. The van der Waals surface area contributed by atoms with Crippen LogP contribution in [0, 0.1) is 5.92 Å². The van der Waals surface area contributed by atoms with Crippen LogP contribution in [-0.2, 0) is 18.3 Å². The fourth-order valence-electron chi connectivity index (χ4n) is 1.92. The lowest BCUT2D eigenvalue weighted by atomic mass is 10.1. The third-order valence-electron chi connectivity index (χ3n) is 3.16. The van der Waals surface area contributed by atoms with E-state index in [9.17, 15) is 0 Å². The Labute approximate surface area is 110 Å². The summed E-state index contributed by atoms with van der Waals surface area (Å²) in [4.78, 5) is 6.41. The minimum atomic E-state index is 0.368. The van der Waals surface area contributed by atoms with Gasteiger partial charge in [-0.2, -0.15) is 0 Å². The van der Waals surface area contributed by atoms with E-state index in [0.29, 0.717) is 12.0 Å². The molecule has 0 aromatic carbocycles. The number of hydrogen-bond donors (Lipinski definition) is 1. The Morgan fingerprint density at radius 1 is 1.44 bits per heavy atom. The Morgan fingerprint density at radius 2 is 2.11 bits per heavy atom. The van der Waals surface area contributed by atoms with Crippen LogP contribution in [-0.4, -0.2) is 43.4 Å². The Balaban J connectivity index is 2.62. The molecule has 0 bridgehead atoms. The van der Waals surface area contributed by atoms with Crippen LogP contribution in [0.2, 0.25) is 0 Å². The molecule has 0 amide bonds. The molecule has 1 rings (SSSR count). The van der Waals surface area contributed by atoms with Crippen LogP contribution in [0.4, 0.5) is 5.95 Å². The van der Waals surface area contributed by atoms with Crippen molar-refractivity contribution in [2.24, 2.45) is 13.0 Å². The van der Waals surface area contributed by atoms with Crippen molar-refractivity contribution < 1.29 is 4.74 Å². The van der Waals surface area contributed by atoms with Gasteiger partial charge in [-0.25, -0.2) is 4.98 Å². The largest absolute Gasteiger partial charge is 0.383 e. The summed E-state index contributed by atoms with van der Waals surface area (Å²) in [6.45, 7) is 5.94. The number of nitrogens with one attached hydrogen (secondary N) is 1. The molecule has 1 N–H and O–H groups in total. The minimum Gasteiger partial charge on any atom is -0.383 e. The van der Waals surface area contributed by atoms with E-state index in [1.54, 1.807) is 7.11 Å².